The van der Waals surface area contributed by atoms with Crippen LogP contribution in [-0.4, -0.2) is 11.1 Å². The molecule has 1 aromatic carbocycles. The van der Waals surface area contributed by atoms with E-state index >= 15 is 0 Å². The van der Waals surface area contributed by atoms with Crippen LogP contribution in [-0.2, 0) is 11.3 Å². The van der Waals surface area contributed by atoms with Gasteiger partial charge in [-0.1, -0.05) is 35.9 Å². The maximum absolute atomic E-state index is 11.3. The summed E-state index contributed by atoms with van der Waals surface area (Å²) in [6.45, 7) is 0.514. The first kappa shape index (κ1) is 13.1. The number of carboxylic acid groups (broad SMARTS) is 1. The fourth-order valence-electron chi connectivity index (χ4n) is 1.66. The number of carbonyl (C=O) groups is 1. The molecule has 0 aliphatic carbocycles. The Bertz CT molecular complexity index is 528. The van der Waals surface area contributed by atoms with Crippen molar-refractivity contribution in [2.24, 2.45) is 0 Å². The molecule has 18 heavy (non-hydrogen) atoms. The molecular weight excluding hydrogens is 270 g/mol. The van der Waals surface area contributed by atoms with Crippen LogP contribution < -0.4 is 5.32 Å². The summed E-state index contributed by atoms with van der Waals surface area (Å²) in [6.07, 6.45) is 0. The topological polar surface area (TPSA) is 49.3 Å². The Morgan fingerprint density at radius 2 is 2.11 bits per heavy atom. The normalized spacial score (nSPS) is 12.3. The van der Waals surface area contributed by atoms with Gasteiger partial charge in [0.1, 0.15) is 6.04 Å². The lowest BCUT2D eigenvalue weighted by Crippen LogP contribution is -2.28. The van der Waals surface area contributed by atoms with Crippen molar-refractivity contribution in [3.63, 3.8) is 0 Å². The van der Waals surface area contributed by atoms with E-state index < -0.39 is 12.0 Å². The second-order valence-corrected chi connectivity index (χ2v) is 5.19. The lowest BCUT2D eigenvalue weighted by atomic mass is 10.1. The first-order valence-corrected chi connectivity index (χ1v) is 6.67. The molecule has 0 radical (unpaired) electrons. The molecule has 3 nitrogen and oxygen atoms in total. The number of hydrogen-bond donors (Lipinski definition) is 2. The van der Waals surface area contributed by atoms with E-state index in [4.69, 9.17) is 11.6 Å². The molecule has 1 aromatic heterocycles. The molecule has 0 fully saturated rings. The van der Waals surface area contributed by atoms with Gasteiger partial charge in [0.05, 0.1) is 0 Å². The van der Waals surface area contributed by atoms with Gasteiger partial charge in [-0.25, -0.2) is 0 Å². The second-order valence-electron chi connectivity index (χ2n) is 3.75. The van der Waals surface area contributed by atoms with Crippen LogP contribution in [0.25, 0.3) is 0 Å². The summed E-state index contributed by atoms with van der Waals surface area (Å²) >= 11 is 7.61. The van der Waals surface area contributed by atoms with E-state index in [1.807, 2.05) is 17.5 Å². The monoisotopic (exact) mass is 281 g/mol. The molecule has 0 bridgehead atoms. The van der Waals surface area contributed by atoms with Crippen LogP contribution in [0.3, 0.4) is 0 Å². The number of halogens is 1. The van der Waals surface area contributed by atoms with Gasteiger partial charge in [0.2, 0.25) is 0 Å². The summed E-state index contributed by atoms with van der Waals surface area (Å²) in [4.78, 5) is 12.4. The van der Waals surface area contributed by atoms with Gasteiger partial charge in [-0.05, 0) is 23.1 Å². The zero-order chi connectivity index (χ0) is 13.0. The lowest BCUT2D eigenvalue weighted by Gasteiger charge is -2.15. The zero-order valence-electron chi connectivity index (χ0n) is 9.47. The number of aliphatic carboxylic acids is 1. The molecule has 0 amide bonds. The molecule has 2 rings (SSSR count). The first-order valence-electron chi connectivity index (χ1n) is 5.41. The van der Waals surface area contributed by atoms with Crippen molar-refractivity contribution in [3.8, 4) is 0 Å². The highest BCUT2D eigenvalue weighted by Gasteiger charge is 2.21. The molecule has 0 aliphatic rings. The van der Waals surface area contributed by atoms with Crippen molar-refractivity contribution in [1.82, 2.24) is 5.32 Å². The summed E-state index contributed by atoms with van der Waals surface area (Å²) in [5.41, 5.74) is 0.586. The van der Waals surface area contributed by atoms with Crippen LogP contribution in [0.2, 0.25) is 5.02 Å². The summed E-state index contributed by atoms with van der Waals surface area (Å²) in [6, 6.07) is 10.1. The second kappa shape index (κ2) is 6.00. The number of hydrogen-bond acceptors (Lipinski definition) is 3. The van der Waals surface area contributed by atoms with Crippen LogP contribution >= 0.6 is 22.9 Å². The lowest BCUT2D eigenvalue weighted by molar-refractivity contribution is -0.139. The Hall–Kier alpha value is -1.36. The molecule has 0 saturated heterocycles. The Balaban J connectivity index is 2.14. The molecule has 1 unspecified atom stereocenters. The van der Waals surface area contributed by atoms with E-state index in [2.05, 4.69) is 5.32 Å². The van der Waals surface area contributed by atoms with Gasteiger partial charge >= 0.3 is 5.97 Å². The summed E-state index contributed by atoms with van der Waals surface area (Å²) in [7, 11) is 0. The van der Waals surface area contributed by atoms with Crippen molar-refractivity contribution < 1.29 is 9.90 Å². The van der Waals surface area contributed by atoms with Gasteiger partial charge in [0.25, 0.3) is 0 Å². The molecule has 0 aliphatic heterocycles. The Morgan fingerprint density at radius 1 is 1.33 bits per heavy atom. The minimum Gasteiger partial charge on any atom is -0.480 e. The summed E-state index contributed by atoms with van der Waals surface area (Å²) in [5, 5.41) is 14.7. The molecule has 1 heterocycles. The highest BCUT2D eigenvalue weighted by atomic mass is 35.5. The van der Waals surface area contributed by atoms with Crippen LogP contribution in [0.4, 0.5) is 0 Å². The van der Waals surface area contributed by atoms with E-state index in [1.54, 1.807) is 35.6 Å². The third-order valence-electron chi connectivity index (χ3n) is 2.52. The van der Waals surface area contributed by atoms with Gasteiger partial charge in [-0.2, -0.15) is 0 Å². The van der Waals surface area contributed by atoms with E-state index in [0.29, 0.717) is 17.1 Å². The van der Waals surface area contributed by atoms with Gasteiger partial charge in [-0.15, -0.1) is 11.3 Å². The predicted octanol–water partition coefficient (Wildman–Crippen LogP) is 3.32. The average Bonchev–Trinajstić information content (AvgIpc) is 2.84. The molecule has 5 heteroatoms. The molecule has 2 aromatic rings. The quantitative estimate of drug-likeness (QED) is 0.884. The fraction of sp³-hybridized carbons (Fsp3) is 0.154. The maximum atomic E-state index is 11.3. The zero-order valence-corrected chi connectivity index (χ0v) is 11.0. The number of nitrogens with one attached hydrogen (secondary N) is 1. The third kappa shape index (κ3) is 3.10. The smallest absolute Gasteiger partial charge is 0.325 e. The standard InChI is InChI=1S/C13H12ClNO2S/c14-11-6-2-1-5-10(11)12(13(16)17)15-8-9-4-3-7-18-9/h1-7,12,15H,8H2,(H,16,17). The van der Waals surface area contributed by atoms with E-state index in [-0.39, 0.29) is 0 Å². The largest absolute Gasteiger partial charge is 0.480 e. The highest BCUT2D eigenvalue weighted by molar-refractivity contribution is 7.09. The Kier molecular flexibility index (Phi) is 4.36. The molecule has 0 spiro atoms. The van der Waals surface area contributed by atoms with Crippen LogP contribution in [0.1, 0.15) is 16.5 Å². The van der Waals surface area contributed by atoms with Crippen LogP contribution in [0, 0.1) is 0 Å². The minimum absolute atomic E-state index is 0.462. The fourth-order valence-corrected chi connectivity index (χ4v) is 2.56. The van der Waals surface area contributed by atoms with Crippen molar-refractivity contribution in [1.29, 1.82) is 0 Å². The van der Waals surface area contributed by atoms with Gasteiger partial charge in [-0.3, -0.25) is 10.1 Å². The molecule has 0 saturated carbocycles. The molecule has 2 N–H and O–H groups in total. The number of benzene rings is 1. The summed E-state index contributed by atoms with van der Waals surface area (Å²) < 4.78 is 0. The SMILES string of the molecule is O=C(O)C(NCc1cccs1)c1ccccc1Cl. The predicted molar refractivity (Wildman–Crippen MR) is 73.0 cm³/mol. The van der Waals surface area contributed by atoms with Gasteiger partial charge in [0.15, 0.2) is 0 Å². The third-order valence-corrected chi connectivity index (χ3v) is 3.74. The molecular formula is C13H12ClNO2S. The van der Waals surface area contributed by atoms with Crippen LogP contribution in [0.5, 0.6) is 0 Å². The summed E-state index contributed by atoms with van der Waals surface area (Å²) in [5.74, 6) is -0.931. The number of carboxylic acids is 1. The Morgan fingerprint density at radius 3 is 2.72 bits per heavy atom. The van der Waals surface area contributed by atoms with Gasteiger partial charge in [0, 0.05) is 16.4 Å². The van der Waals surface area contributed by atoms with Crippen molar-refractivity contribution in [3.05, 3.63) is 57.2 Å². The van der Waals surface area contributed by atoms with Crippen molar-refractivity contribution in [2.75, 3.05) is 0 Å². The Labute approximate surface area is 114 Å². The van der Waals surface area contributed by atoms with E-state index in [0.717, 1.165) is 4.88 Å². The molecule has 94 valence electrons. The van der Waals surface area contributed by atoms with E-state index in [9.17, 15) is 9.90 Å². The van der Waals surface area contributed by atoms with Crippen LogP contribution in [0.15, 0.2) is 41.8 Å². The number of thiophene rings is 1. The molecule has 1 atom stereocenters. The maximum Gasteiger partial charge on any atom is 0.325 e. The first-order chi connectivity index (χ1) is 8.68. The van der Waals surface area contributed by atoms with Crippen molar-refractivity contribution in [2.45, 2.75) is 12.6 Å². The van der Waals surface area contributed by atoms with Gasteiger partial charge < -0.3 is 5.11 Å². The highest BCUT2D eigenvalue weighted by Crippen LogP contribution is 2.23. The average molecular weight is 282 g/mol. The van der Waals surface area contributed by atoms with E-state index in [1.165, 1.54) is 0 Å². The van der Waals surface area contributed by atoms with Crippen molar-refractivity contribution >= 4 is 28.9 Å². The minimum atomic E-state index is -0.931. The number of rotatable bonds is 5.